The highest BCUT2D eigenvalue weighted by Gasteiger charge is 2.60. The van der Waals surface area contributed by atoms with Crippen molar-refractivity contribution in [2.24, 2.45) is 23.7 Å². The van der Waals surface area contributed by atoms with Gasteiger partial charge in [0, 0.05) is 0 Å². The number of hydrogen-bond acceptors (Lipinski definition) is 6. The molecule has 2 aliphatic carbocycles. The van der Waals surface area contributed by atoms with Gasteiger partial charge in [-0.25, -0.2) is 4.39 Å². The second-order valence-corrected chi connectivity index (χ2v) is 9.18. The lowest BCUT2D eigenvalue weighted by Gasteiger charge is -2.28. The van der Waals surface area contributed by atoms with Crippen molar-refractivity contribution < 1.29 is 18.8 Å². The number of benzene rings is 1. The third kappa shape index (κ3) is 3.04. The molecular weight excluding hydrogens is 407 g/mol. The Bertz CT molecular complexity index is 1050. The van der Waals surface area contributed by atoms with Gasteiger partial charge in [0.15, 0.2) is 0 Å². The van der Waals surface area contributed by atoms with E-state index < -0.39 is 17.8 Å². The molecule has 0 radical (unpaired) electrons. The van der Waals surface area contributed by atoms with Crippen LogP contribution in [0.2, 0.25) is 0 Å². The molecule has 1 N–H and O–H groups in total. The van der Waals surface area contributed by atoms with Crippen molar-refractivity contribution >= 4 is 34.2 Å². The van der Waals surface area contributed by atoms with Gasteiger partial charge >= 0.3 is 0 Å². The molecule has 5 unspecified atom stereocenters. The number of aryl methyl sites for hydroxylation is 1. The summed E-state index contributed by atoms with van der Waals surface area (Å²) in [6, 6.07) is 4.84. The normalized spacial score (nSPS) is 27.6. The van der Waals surface area contributed by atoms with Crippen LogP contribution < -0.4 is 5.32 Å². The minimum absolute atomic E-state index is 0.0628. The lowest BCUT2D eigenvalue weighted by molar-refractivity contribution is -0.144. The van der Waals surface area contributed by atoms with E-state index in [0.717, 1.165) is 6.42 Å². The predicted octanol–water partition coefficient (Wildman–Crippen LogP) is 2.86. The number of rotatable bonds is 5. The molecular formula is C21H19FN4O3S. The van der Waals surface area contributed by atoms with Crippen molar-refractivity contribution in [2.75, 3.05) is 5.32 Å². The first kappa shape index (κ1) is 19.0. The van der Waals surface area contributed by atoms with Crippen LogP contribution in [0.3, 0.4) is 0 Å². The van der Waals surface area contributed by atoms with Crippen LogP contribution in [-0.2, 0) is 14.4 Å². The zero-order valence-electron chi connectivity index (χ0n) is 16.1. The summed E-state index contributed by atoms with van der Waals surface area (Å²) in [4.78, 5) is 40.4. The monoisotopic (exact) mass is 426 g/mol. The van der Waals surface area contributed by atoms with Crippen molar-refractivity contribution in [3.8, 4) is 0 Å². The largest absolute Gasteiger partial charge is 0.300 e. The average molecular weight is 426 g/mol. The molecule has 5 atom stereocenters. The van der Waals surface area contributed by atoms with Gasteiger partial charge in [-0.3, -0.25) is 19.3 Å². The summed E-state index contributed by atoms with van der Waals surface area (Å²) in [5.41, 5.74) is 0.417. The number of likely N-dealkylation sites (tertiary alicyclic amines) is 1. The maximum atomic E-state index is 13.9. The van der Waals surface area contributed by atoms with Crippen molar-refractivity contribution in [1.29, 1.82) is 0 Å². The number of imide groups is 1. The zero-order chi connectivity index (χ0) is 21.0. The highest BCUT2D eigenvalue weighted by Crippen LogP contribution is 2.54. The van der Waals surface area contributed by atoms with Gasteiger partial charge in [-0.2, -0.15) is 0 Å². The molecule has 3 amide bonds. The molecule has 30 heavy (non-hydrogen) atoms. The number of anilines is 1. The fourth-order valence-corrected chi connectivity index (χ4v) is 5.61. The highest BCUT2D eigenvalue weighted by atomic mass is 32.1. The molecule has 2 bridgehead atoms. The Labute approximate surface area is 176 Å². The van der Waals surface area contributed by atoms with Crippen LogP contribution in [0, 0.1) is 36.4 Å². The highest BCUT2D eigenvalue weighted by molar-refractivity contribution is 7.15. The molecule has 1 saturated carbocycles. The standard InChI is InChI=1S/C21H19FN4O3S/c1-10-24-25-21(30-10)23-16(27)9-15(11-3-2-4-14(22)8-11)26-19(28)17-12-5-6-13(7-12)18(17)20(26)29/h2-6,8,12-13,15,17-18H,7,9H2,1H3,(H,23,25,27). The number of amides is 3. The van der Waals surface area contributed by atoms with E-state index in [1.165, 1.54) is 34.4 Å². The van der Waals surface area contributed by atoms with E-state index in [4.69, 9.17) is 0 Å². The number of carbonyl (C=O) groups excluding carboxylic acids is 3. The molecule has 2 fully saturated rings. The number of nitrogens with one attached hydrogen (secondary N) is 1. The Hall–Kier alpha value is -2.94. The van der Waals surface area contributed by atoms with Gasteiger partial charge in [0.1, 0.15) is 10.8 Å². The molecule has 0 spiro atoms. The zero-order valence-corrected chi connectivity index (χ0v) is 16.9. The third-order valence-electron chi connectivity index (χ3n) is 6.20. The molecule has 9 heteroatoms. The van der Waals surface area contributed by atoms with Gasteiger partial charge in [-0.05, 0) is 42.9 Å². The first-order valence-corrected chi connectivity index (χ1v) is 10.6. The Morgan fingerprint density at radius 1 is 1.23 bits per heavy atom. The lowest BCUT2D eigenvalue weighted by atomic mass is 9.85. The van der Waals surface area contributed by atoms with E-state index in [9.17, 15) is 18.8 Å². The number of nitrogens with zero attached hydrogens (tertiary/aromatic N) is 3. The summed E-state index contributed by atoms with van der Waals surface area (Å²) in [6.45, 7) is 1.77. The number of aromatic nitrogens is 2. The number of halogens is 1. The van der Waals surface area contributed by atoms with Crippen molar-refractivity contribution in [1.82, 2.24) is 15.1 Å². The first-order chi connectivity index (χ1) is 14.4. The summed E-state index contributed by atoms with van der Waals surface area (Å²) in [5, 5.41) is 11.4. The Balaban J connectivity index is 1.45. The maximum absolute atomic E-state index is 13.9. The minimum Gasteiger partial charge on any atom is -0.300 e. The van der Waals surface area contributed by atoms with Crippen LogP contribution in [0.4, 0.5) is 9.52 Å². The van der Waals surface area contributed by atoms with E-state index in [1.54, 1.807) is 13.0 Å². The summed E-state index contributed by atoms with van der Waals surface area (Å²) >= 11 is 1.23. The Kier molecular flexibility index (Phi) is 4.50. The molecule has 5 rings (SSSR count). The van der Waals surface area contributed by atoms with E-state index in [-0.39, 0.29) is 41.9 Å². The maximum Gasteiger partial charge on any atom is 0.234 e. The topological polar surface area (TPSA) is 92.3 Å². The third-order valence-corrected chi connectivity index (χ3v) is 6.95. The lowest BCUT2D eigenvalue weighted by Crippen LogP contribution is -2.38. The van der Waals surface area contributed by atoms with E-state index in [2.05, 4.69) is 15.5 Å². The molecule has 2 heterocycles. The number of carbonyl (C=O) groups is 3. The number of fused-ring (bicyclic) bond motifs is 5. The molecule has 1 saturated heterocycles. The molecule has 3 aliphatic rings. The van der Waals surface area contributed by atoms with Gasteiger partial charge in [-0.15, -0.1) is 10.2 Å². The van der Waals surface area contributed by atoms with Gasteiger partial charge in [0.05, 0.1) is 24.3 Å². The molecule has 1 aliphatic heterocycles. The van der Waals surface area contributed by atoms with E-state index >= 15 is 0 Å². The Morgan fingerprint density at radius 3 is 2.53 bits per heavy atom. The molecule has 154 valence electrons. The minimum atomic E-state index is -0.875. The predicted molar refractivity (Wildman–Crippen MR) is 107 cm³/mol. The molecule has 1 aromatic heterocycles. The molecule has 7 nitrogen and oxygen atoms in total. The summed E-state index contributed by atoms with van der Waals surface area (Å²) in [5.74, 6) is -2.07. The summed E-state index contributed by atoms with van der Waals surface area (Å²) in [6.07, 6.45) is 4.67. The summed E-state index contributed by atoms with van der Waals surface area (Å²) in [7, 11) is 0. The van der Waals surface area contributed by atoms with Gasteiger partial charge in [-0.1, -0.05) is 35.6 Å². The van der Waals surface area contributed by atoms with Crippen LogP contribution in [0.15, 0.2) is 36.4 Å². The van der Waals surface area contributed by atoms with Crippen molar-refractivity contribution in [2.45, 2.75) is 25.8 Å². The number of allylic oxidation sites excluding steroid dienone is 2. The van der Waals surface area contributed by atoms with Gasteiger partial charge in [0.25, 0.3) is 0 Å². The quantitative estimate of drug-likeness (QED) is 0.586. The second kappa shape index (κ2) is 7.09. The molecule has 1 aromatic carbocycles. The summed E-state index contributed by atoms with van der Waals surface area (Å²) < 4.78 is 13.9. The van der Waals surface area contributed by atoms with Crippen LogP contribution in [-0.4, -0.2) is 32.8 Å². The van der Waals surface area contributed by atoms with Crippen LogP contribution >= 0.6 is 11.3 Å². The van der Waals surface area contributed by atoms with Gasteiger partial charge in [0.2, 0.25) is 22.9 Å². The fraction of sp³-hybridized carbons (Fsp3) is 0.381. The fourth-order valence-electron chi connectivity index (χ4n) is 5.00. The van der Waals surface area contributed by atoms with Gasteiger partial charge < -0.3 is 5.32 Å². The smallest absolute Gasteiger partial charge is 0.234 e. The van der Waals surface area contributed by atoms with Crippen LogP contribution in [0.5, 0.6) is 0 Å². The van der Waals surface area contributed by atoms with E-state index in [1.807, 2.05) is 12.2 Å². The SMILES string of the molecule is Cc1nnc(NC(=O)CC(c2cccc(F)c2)N2C(=O)C3C4C=CC(C4)C3C2=O)s1. The number of hydrogen-bond donors (Lipinski definition) is 1. The Morgan fingerprint density at radius 2 is 1.93 bits per heavy atom. The molecule has 2 aromatic rings. The van der Waals surface area contributed by atoms with Crippen LogP contribution in [0.1, 0.15) is 29.5 Å². The van der Waals surface area contributed by atoms with Crippen LogP contribution in [0.25, 0.3) is 0 Å². The second-order valence-electron chi connectivity index (χ2n) is 8.00. The van der Waals surface area contributed by atoms with E-state index in [0.29, 0.717) is 15.7 Å². The first-order valence-electron chi connectivity index (χ1n) is 9.83. The van der Waals surface area contributed by atoms with Crippen molar-refractivity contribution in [3.63, 3.8) is 0 Å². The average Bonchev–Trinajstić information content (AvgIpc) is 3.46. The van der Waals surface area contributed by atoms with Crippen molar-refractivity contribution in [3.05, 3.63) is 52.8 Å².